The van der Waals surface area contributed by atoms with E-state index in [1.807, 2.05) is 24.3 Å². The molecule has 1 saturated heterocycles. The largest absolute Gasteiger partial charge is 0.459 e. The molecule has 31 heavy (non-hydrogen) atoms. The monoisotopic (exact) mass is 420 g/mol. The molecule has 7 nitrogen and oxygen atoms in total. The molecule has 1 aliphatic rings. The zero-order valence-electron chi connectivity index (χ0n) is 16.8. The van der Waals surface area contributed by atoms with Gasteiger partial charge in [-0.15, -0.1) is 0 Å². The molecule has 0 saturated carbocycles. The number of hydrogen-bond donors (Lipinski definition) is 1. The maximum Gasteiger partial charge on any atom is 0.344 e. The molecule has 1 fully saturated rings. The third kappa shape index (κ3) is 3.70. The van der Waals surface area contributed by atoms with E-state index in [0.29, 0.717) is 35.3 Å². The Morgan fingerprint density at radius 1 is 1.16 bits per heavy atom. The quantitative estimate of drug-likeness (QED) is 0.495. The molecule has 1 atom stereocenters. The number of nitrogen functional groups attached to an aromatic ring is 1. The molecule has 4 aromatic rings. The molecule has 5 rings (SSSR count). The van der Waals surface area contributed by atoms with Crippen LogP contribution in [0.3, 0.4) is 0 Å². The van der Waals surface area contributed by atoms with Crippen LogP contribution in [-0.2, 0) is 16.0 Å². The molecule has 0 amide bonds. The summed E-state index contributed by atoms with van der Waals surface area (Å²) in [6, 6.07) is 13.5. The molecule has 0 aliphatic carbocycles. The highest BCUT2D eigenvalue weighted by Crippen LogP contribution is 2.29. The van der Waals surface area contributed by atoms with Crippen LogP contribution in [0.4, 0.5) is 10.2 Å². The van der Waals surface area contributed by atoms with Crippen molar-refractivity contribution in [2.24, 2.45) is 0 Å². The van der Waals surface area contributed by atoms with E-state index in [4.69, 9.17) is 20.2 Å². The van der Waals surface area contributed by atoms with Gasteiger partial charge in [-0.3, -0.25) is 0 Å². The van der Waals surface area contributed by atoms with Gasteiger partial charge in [0.05, 0.1) is 23.7 Å². The molecule has 8 heteroatoms. The van der Waals surface area contributed by atoms with E-state index in [0.717, 1.165) is 18.4 Å². The molecule has 2 aromatic heterocycles. The summed E-state index contributed by atoms with van der Waals surface area (Å²) >= 11 is 0. The number of para-hydroxylation sites is 2. The molecule has 2 N–H and O–H groups in total. The number of halogens is 1. The van der Waals surface area contributed by atoms with Crippen LogP contribution in [0, 0.1) is 5.82 Å². The van der Waals surface area contributed by atoms with Crippen molar-refractivity contribution in [2.45, 2.75) is 25.5 Å². The van der Waals surface area contributed by atoms with Crippen molar-refractivity contribution < 1.29 is 18.7 Å². The molecule has 2 aromatic carbocycles. The Hall–Kier alpha value is -3.52. The second kappa shape index (κ2) is 7.96. The predicted molar refractivity (Wildman–Crippen MR) is 114 cm³/mol. The average Bonchev–Trinajstić information content (AvgIpc) is 3.39. The Balaban J connectivity index is 1.59. The summed E-state index contributed by atoms with van der Waals surface area (Å²) in [6.07, 6.45) is 1.72. The van der Waals surface area contributed by atoms with Gasteiger partial charge in [0.25, 0.3) is 0 Å². The summed E-state index contributed by atoms with van der Waals surface area (Å²) in [7, 11) is 0. The van der Waals surface area contributed by atoms with Gasteiger partial charge in [0, 0.05) is 6.61 Å². The van der Waals surface area contributed by atoms with Crippen LogP contribution in [0.25, 0.3) is 22.2 Å². The van der Waals surface area contributed by atoms with Crippen LogP contribution in [0.15, 0.2) is 48.5 Å². The first-order chi connectivity index (χ1) is 15.1. The topological polar surface area (TPSA) is 92.3 Å². The lowest BCUT2D eigenvalue weighted by atomic mass is 10.2. The van der Waals surface area contributed by atoms with Crippen LogP contribution in [0.5, 0.6) is 0 Å². The lowest BCUT2D eigenvalue weighted by molar-refractivity contribution is 0.0163. The lowest BCUT2D eigenvalue weighted by Crippen LogP contribution is -2.18. The minimum atomic E-state index is -0.555. The van der Waals surface area contributed by atoms with E-state index in [2.05, 4.69) is 4.98 Å². The number of aromatic nitrogens is 3. The van der Waals surface area contributed by atoms with Gasteiger partial charge in [-0.05, 0) is 42.7 Å². The number of nitrogens with two attached hydrogens (primary N) is 1. The van der Waals surface area contributed by atoms with Crippen molar-refractivity contribution in [1.29, 1.82) is 0 Å². The van der Waals surface area contributed by atoms with Gasteiger partial charge in [0.15, 0.2) is 5.65 Å². The SMILES string of the molecule is Nc1c(C(=O)OC[C@H]2CCCO2)c2nc3ccccc3nc2n1Cc1ccc(F)cc1. The van der Waals surface area contributed by atoms with Gasteiger partial charge in [-0.1, -0.05) is 24.3 Å². The zero-order chi connectivity index (χ0) is 21.4. The van der Waals surface area contributed by atoms with Crippen LogP contribution >= 0.6 is 0 Å². The molecule has 158 valence electrons. The third-order valence-corrected chi connectivity index (χ3v) is 5.47. The highest BCUT2D eigenvalue weighted by molar-refractivity contribution is 6.08. The normalized spacial score (nSPS) is 16.2. The number of ether oxygens (including phenoxy) is 2. The van der Waals surface area contributed by atoms with Gasteiger partial charge < -0.3 is 19.8 Å². The van der Waals surface area contributed by atoms with Gasteiger partial charge in [0.2, 0.25) is 0 Å². The number of rotatable bonds is 5. The summed E-state index contributed by atoms with van der Waals surface area (Å²) in [4.78, 5) is 22.4. The fraction of sp³-hybridized carbons (Fsp3) is 0.261. The zero-order valence-corrected chi connectivity index (χ0v) is 16.8. The Morgan fingerprint density at radius 3 is 2.61 bits per heavy atom. The van der Waals surface area contributed by atoms with Crippen LogP contribution in [0.1, 0.15) is 28.8 Å². The van der Waals surface area contributed by atoms with Gasteiger partial charge in [0.1, 0.15) is 29.3 Å². The van der Waals surface area contributed by atoms with Crippen LogP contribution < -0.4 is 5.73 Å². The number of anilines is 1. The van der Waals surface area contributed by atoms with E-state index >= 15 is 0 Å². The molecule has 1 aliphatic heterocycles. The molecule has 0 radical (unpaired) electrons. The van der Waals surface area contributed by atoms with Gasteiger partial charge in [-0.25, -0.2) is 19.2 Å². The Morgan fingerprint density at radius 2 is 1.90 bits per heavy atom. The van der Waals surface area contributed by atoms with Crippen molar-refractivity contribution in [3.8, 4) is 0 Å². The third-order valence-electron chi connectivity index (χ3n) is 5.47. The molecule has 3 heterocycles. The molecule has 0 spiro atoms. The van der Waals surface area contributed by atoms with E-state index in [1.54, 1.807) is 16.7 Å². The first-order valence-corrected chi connectivity index (χ1v) is 10.2. The summed E-state index contributed by atoms with van der Waals surface area (Å²) < 4.78 is 26.1. The van der Waals surface area contributed by atoms with Crippen molar-refractivity contribution in [2.75, 3.05) is 18.9 Å². The molecule has 0 bridgehead atoms. The Bertz CT molecular complexity index is 1260. The number of fused-ring (bicyclic) bond motifs is 2. The molecular formula is C23H21FN4O3. The molecule has 0 unspecified atom stereocenters. The van der Waals surface area contributed by atoms with E-state index in [9.17, 15) is 9.18 Å². The Labute approximate surface area is 177 Å². The number of benzene rings is 2. The minimum Gasteiger partial charge on any atom is -0.459 e. The number of hydrogen-bond acceptors (Lipinski definition) is 6. The first-order valence-electron chi connectivity index (χ1n) is 10.2. The van der Waals surface area contributed by atoms with Crippen molar-refractivity contribution in [3.05, 3.63) is 65.5 Å². The van der Waals surface area contributed by atoms with Crippen LogP contribution in [-0.4, -0.2) is 39.8 Å². The summed E-state index contributed by atoms with van der Waals surface area (Å²) in [6.45, 7) is 1.16. The fourth-order valence-corrected chi connectivity index (χ4v) is 3.87. The Kier molecular flexibility index (Phi) is 4.99. The van der Waals surface area contributed by atoms with Crippen LogP contribution in [0.2, 0.25) is 0 Å². The molecular weight excluding hydrogens is 399 g/mol. The maximum absolute atomic E-state index is 13.3. The second-order valence-electron chi connectivity index (χ2n) is 7.59. The van der Waals surface area contributed by atoms with Crippen molar-refractivity contribution in [3.63, 3.8) is 0 Å². The van der Waals surface area contributed by atoms with Crippen molar-refractivity contribution in [1.82, 2.24) is 14.5 Å². The number of esters is 1. The summed E-state index contributed by atoms with van der Waals surface area (Å²) in [5, 5.41) is 0. The number of nitrogens with zero attached hydrogens (tertiary/aromatic N) is 3. The second-order valence-corrected chi connectivity index (χ2v) is 7.59. The van der Waals surface area contributed by atoms with Gasteiger partial charge in [-0.2, -0.15) is 0 Å². The maximum atomic E-state index is 13.3. The van der Waals surface area contributed by atoms with E-state index in [-0.39, 0.29) is 29.9 Å². The fourth-order valence-electron chi connectivity index (χ4n) is 3.87. The van der Waals surface area contributed by atoms with Crippen molar-refractivity contribution >= 4 is 34.0 Å². The first kappa shape index (κ1) is 19.4. The highest BCUT2D eigenvalue weighted by atomic mass is 19.1. The number of carbonyl (C=O) groups is 1. The predicted octanol–water partition coefficient (Wildman–Crippen LogP) is 3.69. The lowest BCUT2D eigenvalue weighted by Gasteiger charge is -2.10. The van der Waals surface area contributed by atoms with Gasteiger partial charge >= 0.3 is 5.97 Å². The van der Waals surface area contributed by atoms with E-state index < -0.39 is 5.97 Å². The summed E-state index contributed by atoms with van der Waals surface area (Å²) in [5.74, 6) is -0.661. The average molecular weight is 420 g/mol. The smallest absolute Gasteiger partial charge is 0.344 e. The summed E-state index contributed by atoms with van der Waals surface area (Å²) in [5.41, 5.74) is 9.63. The highest BCUT2D eigenvalue weighted by Gasteiger charge is 2.26. The minimum absolute atomic E-state index is 0.0929. The number of carbonyl (C=O) groups excluding carboxylic acids is 1. The van der Waals surface area contributed by atoms with E-state index in [1.165, 1.54) is 12.1 Å². The standard InChI is InChI=1S/C23H21FN4O3/c24-15-9-7-14(8-10-15)12-28-21(25)19(23(29)31-13-16-4-3-11-30-16)20-22(28)27-18-6-2-1-5-17(18)26-20/h1-2,5-10,16H,3-4,11-13,25H2/t16-/m1/s1.